The molecular weight excluding hydrogens is 308 g/mol. The van der Waals surface area contributed by atoms with Crippen LogP contribution in [0.4, 0.5) is 0 Å². The van der Waals surface area contributed by atoms with Crippen LogP contribution in [0.1, 0.15) is 22.6 Å². The molecule has 3 aromatic carbocycles. The van der Waals surface area contributed by atoms with Crippen molar-refractivity contribution >= 4 is 0 Å². The molecule has 24 heavy (non-hydrogen) atoms. The number of rotatable bonds is 3. The van der Waals surface area contributed by atoms with Gasteiger partial charge in [-0.1, -0.05) is 24.3 Å². The van der Waals surface area contributed by atoms with Crippen molar-refractivity contribution in [2.45, 2.75) is 5.92 Å². The average molecular weight is 324 g/mol. The van der Waals surface area contributed by atoms with Gasteiger partial charge in [0.2, 0.25) is 0 Å². The Labute approximate surface area is 138 Å². The molecule has 0 fully saturated rings. The number of hydrogen-bond acceptors (Lipinski definition) is 5. The molecule has 122 valence electrons. The van der Waals surface area contributed by atoms with E-state index in [1.807, 2.05) is 0 Å². The first-order chi connectivity index (χ1) is 11.5. The molecule has 0 aliphatic rings. The maximum atomic E-state index is 10.2. The van der Waals surface area contributed by atoms with E-state index in [4.69, 9.17) is 0 Å². The highest BCUT2D eigenvalue weighted by Crippen LogP contribution is 2.42. The minimum Gasteiger partial charge on any atom is -0.508 e. The lowest BCUT2D eigenvalue weighted by Gasteiger charge is -2.21. The predicted molar refractivity (Wildman–Crippen MR) is 88.6 cm³/mol. The van der Waals surface area contributed by atoms with Crippen LogP contribution in [0.25, 0.3) is 0 Å². The van der Waals surface area contributed by atoms with E-state index in [9.17, 15) is 25.5 Å². The first-order valence-electron chi connectivity index (χ1n) is 7.28. The number of phenolic OH excluding ortho intramolecular Hbond substituents is 5. The van der Waals surface area contributed by atoms with Crippen molar-refractivity contribution in [2.24, 2.45) is 0 Å². The summed E-state index contributed by atoms with van der Waals surface area (Å²) in [5.74, 6) is -0.846. The second-order valence-electron chi connectivity index (χ2n) is 5.51. The Kier molecular flexibility index (Phi) is 3.92. The molecule has 0 aliphatic heterocycles. The Morgan fingerprint density at radius 1 is 0.500 bits per heavy atom. The lowest BCUT2D eigenvalue weighted by molar-refractivity contribution is 0.440. The minimum atomic E-state index is -0.549. The maximum absolute atomic E-state index is 10.2. The first kappa shape index (κ1) is 15.6. The maximum Gasteiger partial charge on any atom is 0.123 e. The van der Waals surface area contributed by atoms with Crippen LogP contribution in [0.2, 0.25) is 0 Å². The van der Waals surface area contributed by atoms with Gasteiger partial charge in [-0.2, -0.15) is 0 Å². The van der Waals surface area contributed by atoms with Crippen LogP contribution in [0.15, 0.2) is 60.7 Å². The summed E-state index contributed by atoms with van der Waals surface area (Å²) in [5.41, 5.74) is 1.66. The van der Waals surface area contributed by atoms with Gasteiger partial charge in [0.25, 0.3) is 0 Å². The second kappa shape index (κ2) is 6.04. The third-order valence-electron chi connectivity index (χ3n) is 3.88. The van der Waals surface area contributed by atoms with E-state index in [-0.39, 0.29) is 28.7 Å². The van der Waals surface area contributed by atoms with Crippen LogP contribution < -0.4 is 0 Å². The molecule has 0 bridgehead atoms. The van der Waals surface area contributed by atoms with Gasteiger partial charge in [-0.15, -0.1) is 0 Å². The normalized spacial score (nSPS) is 10.9. The van der Waals surface area contributed by atoms with Crippen molar-refractivity contribution in [3.05, 3.63) is 77.4 Å². The van der Waals surface area contributed by atoms with Crippen molar-refractivity contribution in [2.75, 3.05) is 0 Å². The second-order valence-corrected chi connectivity index (χ2v) is 5.51. The predicted octanol–water partition coefficient (Wildman–Crippen LogP) is 3.39. The first-order valence-corrected chi connectivity index (χ1v) is 7.28. The zero-order chi connectivity index (χ0) is 17.3. The van der Waals surface area contributed by atoms with Gasteiger partial charge >= 0.3 is 0 Å². The van der Waals surface area contributed by atoms with Crippen molar-refractivity contribution in [3.63, 3.8) is 0 Å². The van der Waals surface area contributed by atoms with Crippen LogP contribution in [-0.4, -0.2) is 25.5 Å². The third kappa shape index (κ3) is 2.92. The van der Waals surface area contributed by atoms with E-state index in [1.165, 1.54) is 36.4 Å². The van der Waals surface area contributed by atoms with Gasteiger partial charge in [0, 0.05) is 29.2 Å². The minimum absolute atomic E-state index is 0.0735. The van der Waals surface area contributed by atoms with Crippen LogP contribution in [0.3, 0.4) is 0 Å². The molecule has 0 amide bonds. The molecule has 5 heteroatoms. The molecule has 0 heterocycles. The molecule has 3 aromatic rings. The van der Waals surface area contributed by atoms with E-state index in [2.05, 4.69) is 0 Å². The molecule has 0 saturated heterocycles. The highest BCUT2D eigenvalue weighted by Gasteiger charge is 2.23. The van der Waals surface area contributed by atoms with Gasteiger partial charge in [0.15, 0.2) is 0 Å². The SMILES string of the molecule is Oc1ccc(C(c2ccc(O)cc2O)c2ccc(O)cc2O)cc1. The van der Waals surface area contributed by atoms with Gasteiger partial charge in [0.1, 0.15) is 28.7 Å². The van der Waals surface area contributed by atoms with Crippen LogP contribution in [0.5, 0.6) is 28.7 Å². The Balaban J connectivity index is 2.22. The fourth-order valence-corrected chi connectivity index (χ4v) is 2.75. The molecule has 0 radical (unpaired) electrons. The highest BCUT2D eigenvalue weighted by molar-refractivity contribution is 5.55. The van der Waals surface area contributed by atoms with Gasteiger partial charge in [-0.05, 0) is 29.8 Å². The van der Waals surface area contributed by atoms with Crippen molar-refractivity contribution in [1.29, 1.82) is 0 Å². The number of hydrogen-bond donors (Lipinski definition) is 5. The molecule has 0 unspecified atom stereocenters. The van der Waals surface area contributed by atoms with Crippen LogP contribution in [0, 0.1) is 0 Å². The summed E-state index contributed by atoms with van der Waals surface area (Å²) in [6.07, 6.45) is 0. The summed E-state index contributed by atoms with van der Waals surface area (Å²) in [6.45, 7) is 0. The summed E-state index contributed by atoms with van der Waals surface area (Å²) in [5, 5.41) is 49.0. The molecule has 5 nitrogen and oxygen atoms in total. The summed E-state index contributed by atoms with van der Waals surface area (Å²) in [4.78, 5) is 0. The van der Waals surface area contributed by atoms with Crippen molar-refractivity contribution in [3.8, 4) is 28.7 Å². The van der Waals surface area contributed by atoms with E-state index < -0.39 is 5.92 Å². The third-order valence-corrected chi connectivity index (χ3v) is 3.88. The largest absolute Gasteiger partial charge is 0.508 e. The summed E-state index contributed by atoms with van der Waals surface area (Å²) < 4.78 is 0. The average Bonchev–Trinajstić information content (AvgIpc) is 2.53. The molecule has 0 aromatic heterocycles. The fraction of sp³-hybridized carbons (Fsp3) is 0.0526. The Hall–Kier alpha value is -3.34. The van der Waals surface area contributed by atoms with Crippen LogP contribution >= 0.6 is 0 Å². The Morgan fingerprint density at radius 3 is 1.33 bits per heavy atom. The Bertz CT molecular complexity index is 820. The highest BCUT2D eigenvalue weighted by atomic mass is 16.3. The monoisotopic (exact) mass is 324 g/mol. The van der Waals surface area contributed by atoms with Crippen molar-refractivity contribution < 1.29 is 25.5 Å². The molecule has 5 N–H and O–H groups in total. The van der Waals surface area contributed by atoms with Gasteiger partial charge in [-0.3, -0.25) is 0 Å². The lowest BCUT2D eigenvalue weighted by Crippen LogP contribution is -2.04. The molecule has 0 saturated carbocycles. The van der Waals surface area contributed by atoms with E-state index in [0.29, 0.717) is 11.1 Å². The summed E-state index contributed by atoms with van der Waals surface area (Å²) in [6, 6.07) is 14.8. The number of phenols is 5. The van der Waals surface area contributed by atoms with E-state index >= 15 is 0 Å². The molecular formula is C19H16O5. The number of benzene rings is 3. The summed E-state index contributed by atoms with van der Waals surface area (Å²) >= 11 is 0. The van der Waals surface area contributed by atoms with Gasteiger partial charge < -0.3 is 25.5 Å². The molecule has 0 aliphatic carbocycles. The zero-order valence-electron chi connectivity index (χ0n) is 12.6. The Morgan fingerprint density at radius 2 is 0.917 bits per heavy atom. The quantitative estimate of drug-likeness (QED) is 0.475. The molecule has 0 spiro atoms. The molecule has 3 rings (SSSR count). The zero-order valence-corrected chi connectivity index (χ0v) is 12.6. The topological polar surface area (TPSA) is 101 Å². The molecule has 0 atom stereocenters. The lowest BCUT2D eigenvalue weighted by atomic mass is 9.84. The van der Waals surface area contributed by atoms with E-state index in [1.54, 1.807) is 24.3 Å². The fourth-order valence-electron chi connectivity index (χ4n) is 2.75. The standard InChI is InChI=1S/C19H16O5/c20-12-3-1-11(2-4-12)19(15-7-5-13(21)9-17(15)23)16-8-6-14(22)10-18(16)24/h1-10,19-24H. The van der Waals surface area contributed by atoms with Crippen LogP contribution in [-0.2, 0) is 0 Å². The van der Waals surface area contributed by atoms with Gasteiger partial charge in [0.05, 0.1) is 0 Å². The smallest absolute Gasteiger partial charge is 0.123 e. The van der Waals surface area contributed by atoms with Crippen molar-refractivity contribution in [1.82, 2.24) is 0 Å². The van der Waals surface area contributed by atoms with Gasteiger partial charge in [-0.25, -0.2) is 0 Å². The van der Waals surface area contributed by atoms with E-state index in [0.717, 1.165) is 5.56 Å². The summed E-state index contributed by atoms with van der Waals surface area (Å²) in [7, 11) is 0. The number of aromatic hydroxyl groups is 5.